The number of rotatable bonds is 2. The Balaban J connectivity index is 1.55. The van der Waals surface area contributed by atoms with Crippen molar-refractivity contribution in [1.29, 1.82) is 0 Å². The summed E-state index contributed by atoms with van der Waals surface area (Å²) in [5, 5.41) is 3.47. The summed E-state index contributed by atoms with van der Waals surface area (Å²) in [6.45, 7) is 6.53. The van der Waals surface area contributed by atoms with Crippen molar-refractivity contribution in [2.45, 2.75) is 31.8 Å². The second-order valence-electron chi connectivity index (χ2n) is 7.37. The Hall–Kier alpha value is -1.98. The van der Waals surface area contributed by atoms with Gasteiger partial charge in [-0.1, -0.05) is 30.3 Å². The van der Waals surface area contributed by atoms with Gasteiger partial charge in [0.25, 0.3) is 0 Å². The van der Waals surface area contributed by atoms with Crippen molar-refractivity contribution in [3.63, 3.8) is 0 Å². The third-order valence-corrected chi connectivity index (χ3v) is 5.83. The van der Waals surface area contributed by atoms with Gasteiger partial charge in [0.05, 0.1) is 5.69 Å². The molecular formula is C20H25N5. The molecule has 25 heavy (non-hydrogen) atoms. The first-order chi connectivity index (χ1) is 12.4. The first-order valence-electron chi connectivity index (χ1n) is 9.53. The van der Waals surface area contributed by atoms with Crippen LogP contribution in [0.4, 0.5) is 5.82 Å². The van der Waals surface area contributed by atoms with E-state index < -0.39 is 0 Å². The van der Waals surface area contributed by atoms with E-state index in [1.165, 1.54) is 43.0 Å². The van der Waals surface area contributed by atoms with Crippen LogP contribution in [0.2, 0.25) is 0 Å². The first-order valence-corrected chi connectivity index (χ1v) is 9.53. The van der Waals surface area contributed by atoms with Crippen LogP contribution in [0.3, 0.4) is 0 Å². The van der Waals surface area contributed by atoms with Crippen LogP contribution in [0.1, 0.15) is 24.1 Å². The van der Waals surface area contributed by atoms with Gasteiger partial charge in [-0.3, -0.25) is 4.90 Å². The Morgan fingerprint density at radius 2 is 1.96 bits per heavy atom. The lowest BCUT2D eigenvalue weighted by molar-refractivity contribution is 0.230. The maximum atomic E-state index is 5.06. The van der Waals surface area contributed by atoms with Crippen LogP contribution < -0.4 is 10.2 Å². The van der Waals surface area contributed by atoms with Gasteiger partial charge < -0.3 is 10.2 Å². The van der Waals surface area contributed by atoms with Gasteiger partial charge in [-0.05, 0) is 32.4 Å². The molecular weight excluding hydrogens is 310 g/mol. The molecule has 5 rings (SSSR count). The Morgan fingerprint density at radius 3 is 2.88 bits per heavy atom. The lowest BCUT2D eigenvalue weighted by atomic mass is 10.0. The molecule has 2 aromatic rings. The number of aromatic nitrogens is 2. The fourth-order valence-electron chi connectivity index (χ4n) is 4.50. The summed E-state index contributed by atoms with van der Waals surface area (Å²) in [5.41, 5.74) is 3.66. The molecule has 3 aliphatic rings. The summed E-state index contributed by atoms with van der Waals surface area (Å²) in [4.78, 5) is 15.1. The normalized spacial score (nSPS) is 23.4. The lowest BCUT2D eigenvalue weighted by Crippen LogP contribution is -2.51. The van der Waals surface area contributed by atoms with E-state index in [0.717, 1.165) is 44.0 Å². The molecule has 0 bridgehead atoms. The van der Waals surface area contributed by atoms with E-state index in [9.17, 15) is 0 Å². The average Bonchev–Trinajstić information content (AvgIpc) is 3.15. The van der Waals surface area contributed by atoms with Gasteiger partial charge in [0.15, 0.2) is 5.82 Å². The van der Waals surface area contributed by atoms with Crippen molar-refractivity contribution in [3.8, 4) is 11.4 Å². The van der Waals surface area contributed by atoms with Gasteiger partial charge in [0, 0.05) is 43.3 Å². The maximum absolute atomic E-state index is 5.06. The Bertz CT molecular complexity index is 760. The zero-order valence-corrected chi connectivity index (χ0v) is 14.6. The maximum Gasteiger partial charge on any atom is 0.161 e. The van der Waals surface area contributed by atoms with E-state index in [1.807, 2.05) is 6.07 Å². The Kier molecular flexibility index (Phi) is 3.91. The van der Waals surface area contributed by atoms with E-state index in [2.05, 4.69) is 39.4 Å². The summed E-state index contributed by atoms with van der Waals surface area (Å²) < 4.78 is 0. The van der Waals surface area contributed by atoms with Crippen molar-refractivity contribution in [1.82, 2.24) is 20.2 Å². The quantitative estimate of drug-likeness (QED) is 0.910. The van der Waals surface area contributed by atoms with Crippen LogP contribution >= 0.6 is 0 Å². The van der Waals surface area contributed by atoms with Gasteiger partial charge in [-0.25, -0.2) is 9.97 Å². The van der Waals surface area contributed by atoms with Crippen LogP contribution in [0, 0.1) is 0 Å². The number of piperazine rings is 1. The predicted molar refractivity (Wildman–Crippen MR) is 99.7 cm³/mol. The fraction of sp³-hybridized carbons (Fsp3) is 0.500. The first kappa shape index (κ1) is 15.3. The molecule has 1 aromatic carbocycles. The van der Waals surface area contributed by atoms with E-state index in [1.54, 1.807) is 0 Å². The predicted octanol–water partition coefficient (Wildman–Crippen LogP) is 2.07. The second-order valence-corrected chi connectivity index (χ2v) is 7.37. The SMILES string of the molecule is c1ccc(-c2nc3c(c(N4CCN5CCCC5C4)n2)CCNC3)cc1. The minimum atomic E-state index is 0.709. The van der Waals surface area contributed by atoms with E-state index in [0.29, 0.717) is 6.04 Å². The number of nitrogens with one attached hydrogen (secondary N) is 1. The molecule has 3 aliphatic heterocycles. The molecule has 0 aliphatic carbocycles. The van der Waals surface area contributed by atoms with Crippen molar-refractivity contribution in [3.05, 3.63) is 41.6 Å². The third-order valence-electron chi connectivity index (χ3n) is 5.83. The minimum absolute atomic E-state index is 0.709. The van der Waals surface area contributed by atoms with Crippen LogP contribution in [0.15, 0.2) is 30.3 Å². The zero-order valence-electron chi connectivity index (χ0n) is 14.6. The number of fused-ring (bicyclic) bond motifs is 2. The summed E-state index contributed by atoms with van der Waals surface area (Å²) in [6.07, 6.45) is 3.71. The second kappa shape index (κ2) is 6.39. The summed E-state index contributed by atoms with van der Waals surface area (Å²) in [6, 6.07) is 11.1. The molecule has 0 radical (unpaired) electrons. The molecule has 0 spiro atoms. The molecule has 5 nitrogen and oxygen atoms in total. The van der Waals surface area contributed by atoms with Gasteiger partial charge in [0.2, 0.25) is 0 Å². The van der Waals surface area contributed by atoms with Gasteiger partial charge in [-0.2, -0.15) is 0 Å². The highest BCUT2D eigenvalue weighted by Gasteiger charge is 2.33. The van der Waals surface area contributed by atoms with Crippen molar-refractivity contribution in [2.24, 2.45) is 0 Å². The average molecular weight is 335 g/mol. The Labute approximate surface area is 149 Å². The monoisotopic (exact) mass is 335 g/mol. The summed E-state index contributed by atoms with van der Waals surface area (Å²) >= 11 is 0. The van der Waals surface area contributed by atoms with Crippen LogP contribution in [-0.4, -0.2) is 53.6 Å². The standard InChI is InChI=1S/C20H25N5/c1-2-5-15(6-3-1)19-22-18-13-21-9-8-17(18)20(23-19)25-12-11-24-10-4-7-16(24)14-25/h1-3,5-6,16,21H,4,7-14H2. The van der Waals surface area contributed by atoms with Crippen molar-refractivity contribution < 1.29 is 0 Å². The summed E-state index contributed by atoms with van der Waals surface area (Å²) in [5.74, 6) is 2.06. The topological polar surface area (TPSA) is 44.3 Å². The lowest BCUT2D eigenvalue weighted by Gasteiger charge is -2.39. The van der Waals surface area contributed by atoms with Crippen molar-refractivity contribution >= 4 is 5.82 Å². The molecule has 4 heterocycles. The number of benzene rings is 1. The van der Waals surface area contributed by atoms with Gasteiger partial charge in [-0.15, -0.1) is 0 Å². The molecule has 130 valence electrons. The molecule has 0 saturated carbocycles. The van der Waals surface area contributed by atoms with E-state index >= 15 is 0 Å². The highest BCUT2D eigenvalue weighted by Crippen LogP contribution is 2.31. The molecule has 2 fully saturated rings. The van der Waals surface area contributed by atoms with Gasteiger partial charge in [0.1, 0.15) is 5.82 Å². The van der Waals surface area contributed by atoms with Crippen molar-refractivity contribution in [2.75, 3.05) is 37.6 Å². The highest BCUT2D eigenvalue weighted by atomic mass is 15.3. The van der Waals surface area contributed by atoms with Crippen LogP contribution in [0.5, 0.6) is 0 Å². The minimum Gasteiger partial charge on any atom is -0.353 e. The zero-order chi connectivity index (χ0) is 16.6. The number of hydrogen-bond donors (Lipinski definition) is 1. The molecule has 0 amide bonds. The number of anilines is 1. The molecule has 1 N–H and O–H groups in total. The summed E-state index contributed by atoms with van der Waals surface area (Å²) in [7, 11) is 0. The van der Waals surface area contributed by atoms with Gasteiger partial charge >= 0.3 is 0 Å². The molecule has 1 aromatic heterocycles. The fourth-order valence-corrected chi connectivity index (χ4v) is 4.50. The molecule has 2 saturated heterocycles. The molecule has 1 atom stereocenters. The molecule has 5 heteroatoms. The molecule has 1 unspecified atom stereocenters. The van der Waals surface area contributed by atoms with E-state index in [-0.39, 0.29) is 0 Å². The number of nitrogens with zero attached hydrogens (tertiary/aromatic N) is 4. The highest BCUT2D eigenvalue weighted by molar-refractivity contribution is 5.61. The Morgan fingerprint density at radius 1 is 1.04 bits per heavy atom. The van der Waals surface area contributed by atoms with E-state index in [4.69, 9.17) is 9.97 Å². The smallest absolute Gasteiger partial charge is 0.161 e. The number of hydrogen-bond acceptors (Lipinski definition) is 5. The largest absolute Gasteiger partial charge is 0.353 e. The van der Waals surface area contributed by atoms with Crippen LogP contribution in [-0.2, 0) is 13.0 Å². The third kappa shape index (κ3) is 2.81. The van der Waals surface area contributed by atoms with Crippen LogP contribution in [0.25, 0.3) is 11.4 Å².